The van der Waals surface area contributed by atoms with E-state index in [9.17, 15) is 0 Å². The van der Waals surface area contributed by atoms with Gasteiger partial charge in [0.15, 0.2) is 0 Å². The molecule has 3 heterocycles. The van der Waals surface area contributed by atoms with Crippen molar-refractivity contribution < 1.29 is 0 Å². The molecule has 3 aromatic heterocycles. The summed E-state index contributed by atoms with van der Waals surface area (Å²) in [6.45, 7) is 7.67. The predicted octanol–water partition coefficient (Wildman–Crippen LogP) is 3.01. The van der Waals surface area contributed by atoms with E-state index < -0.39 is 0 Å². The van der Waals surface area contributed by atoms with Gasteiger partial charge in [-0.15, -0.1) is 0 Å². The van der Waals surface area contributed by atoms with E-state index in [1.807, 2.05) is 50.3 Å². The zero-order valence-corrected chi connectivity index (χ0v) is 14.6. The maximum Gasteiger partial charge on any atom is 0.226 e. The Kier molecular flexibility index (Phi) is 4.55. The summed E-state index contributed by atoms with van der Waals surface area (Å²) in [7, 11) is 1.98. The maximum atomic E-state index is 4.71. The average Bonchev–Trinajstić information content (AvgIpc) is 3.02. The number of hydrogen-bond acceptors (Lipinski definition) is 5. The van der Waals surface area contributed by atoms with Gasteiger partial charge in [0.25, 0.3) is 0 Å². The van der Waals surface area contributed by atoms with Crippen LogP contribution in [0.4, 0.5) is 5.95 Å². The smallest absolute Gasteiger partial charge is 0.226 e. The Balaban J connectivity index is 1.87. The van der Waals surface area contributed by atoms with Gasteiger partial charge in [-0.05, 0) is 39.0 Å². The Labute approximate surface area is 142 Å². The third kappa shape index (κ3) is 3.27. The molecular formula is C18H22N6. The second kappa shape index (κ2) is 6.78. The summed E-state index contributed by atoms with van der Waals surface area (Å²) < 4.78 is 2.12. The summed E-state index contributed by atoms with van der Waals surface area (Å²) in [6, 6.07) is 5.99. The lowest BCUT2D eigenvalue weighted by Crippen LogP contribution is -2.21. The van der Waals surface area contributed by atoms with E-state index in [1.165, 1.54) is 0 Å². The maximum absolute atomic E-state index is 4.71. The van der Waals surface area contributed by atoms with Gasteiger partial charge in [-0.25, -0.2) is 15.0 Å². The molecule has 0 unspecified atom stereocenters. The van der Waals surface area contributed by atoms with Crippen LogP contribution in [-0.4, -0.2) is 31.6 Å². The number of anilines is 1. The van der Waals surface area contributed by atoms with E-state index in [2.05, 4.69) is 32.5 Å². The summed E-state index contributed by atoms with van der Waals surface area (Å²) >= 11 is 0. The summed E-state index contributed by atoms with van der Waals surface area (Å²) in [5.41, 5.74) is 3.90. The van der Waals surface area contributed by atoms with E-state index in [-0.39, 0.29) is 0 Å². The van der Waals surface area contributed by atoms with Crippen LogP contribution in [0.15, 0.2) is 36.8 Å². The average molecular weight is 322 g/mol. The van der Waals surface area contributed by atoms with Crippen molar-refractivity contribution in [3.8, 4) is 11.3 Å². The minimum atomic E-state index is 0.662. The summed E-state index contributed by atoms with van der Waals surface area (Å²) in [6.07, 6.45) is 5.60. The number of nitrogens with zero attached hydrogens (tertiary/aromatic N) is 6. The standard InChI is InChI=1S/C18H22N6/c1-5-24-11-10-19-17(24)12-23(4)18-20-9-8-16(22-18)15-7-6-13(2)21-14(15)3/h6-11H,5,12H2,1-4H3. The molecule has 0 amide bonds. The fourth-order valence-electron chi connectivity index (χ4n) is 2.70. The van der Waals surface area contributed by atoms with Gasteiger partial charge in [0.2, 0.25) is 5.95 Å². The molecule has 0 spiro atoms. The molecule has 3 aromatic rings. The SMILES string of the molecule is CCn1ccnc1CN(C)c1nccc(-c2ccc(C)nc2C)n1. The largest absolute Gasteiger partial charge is 0.336 e. The van der Waals surface area contributed by atoms with Crippen LogP contribution >= 0.6 is 0 Å². The lowest BCUT2D eigenvalue weighted by molar-refractivity contribution is 0.680. The van der Waals surface area contributed by atoms with Crippen molar-refractivity contribution in [1.29, 1.82) is 0 Å². The third-order valence-corrected chi connectivity index (χ3v) is 4.01. The molecule has 0 radical (unpaired) electrons. The van der Waals surface area contributed by atoms with Gasteiger partial charge in [-0.3, -0.25) is 4.98 Å². The van der Waals surface area contributed by atoms with Crippen molar-refractivity contribution in [2.24, 2.45) is 0 Å². The van der Waals surface area contributed by atoms with Crippen LogP contribution in [0.25, 0.3) is 11.3 Å². The van der Waals surface area contributed by atoms with E-state index in [1.54, 1.807) is 6.20 Å². The summed E-state index contributed by atoms with van der Waals surface area (Å²) in [4.78, 5) is 20.1. The second-order valence-electron chi connectivity index (χ2n) is 5.81. The highest BCUT2D eigenvalue weighted by Crippen LogP contribution is 2.22. The third-order valence-electron chi connectivity index (χ3n) is 4.01. The first-order chi connectivity index (χ1) is 11.6. The second-order valence-corrected chi connectivity index (χ2v) is 5.81. The molecule has 124 valence electrons. The Hall–Kier alpha value is -2.76. The molecule has 0 aliphatic rings. The van der Waals surface area contributed by atoms with Crippen LogP contribution in [-0.2, 0) is 13.1 Å². The number of pyridine rings is 1. The minimum Gasteiger partial charge on any atom is -0.336 e. The molecule has 3 rings (SSSR count). The van der Waals surface area contributed by atoms with E-state index >= 15 is 0 Å². The first-order valence-electron chi connectivity index (χ1n) is 8.07. The first kappa shape index (κ1) is 16.1. The Bertz CT molecular complexity index is 839. The minimum absolute atomic E-state index is 0.662. The quantitative estimate of drug-likeness (QED) is 0.722. The molecule has 0 aliphatic heterocycles. The molecule has 0 saturated carbocycles. The van der Waals surface area contributed by atoms with Gasteiger partial charge in [-0.2, -0.15) is 0 Å². The molecule has 0 N–H and O–H groups in total. The molecule has 0 fully saturated rings. The number of aryl methyl sites for hydroxylation is 3. The fraction of sp³-hybridized carbons (Fsp3) is 0.333. The van der Waals surface area contributed by atoms with Crippen molar-refractivity contribution in [2.45, 2.75) is 33.9 Å². The molecule has 0 aliphatic carbocycles. The Morgan fingerprint density at radius 2 is 1.88 bits per heavy atom. The Morgan fingerprint density at radius 1 is 1.04 bits per heavy atom. The zero-order valence-electron chi connectivity index (χ0n) is 14.6. The van der Waals surface area contributed by atoms with Crippen LogP contribution < -0.4 is 4.90 Å². The fourth-order valence-corrected chi connectivity index (χ4v) is 2.70. The van der Waals surface area contributed by atoms with E-state index in [0.717, 1.165) is 35.0 Å². The highest BCUT2D eigenvalue weighted by atomic mass is 15.2. The van der Waals surface area contributed by atoms with Gasteiger partial charge in [0, 0.05) is 49.1 Å². The van der Waals surface area contributed by atoms with Gasteiger partial charge in [0.1, 0.15) is 5.82 Å². The van der Waals surface area contributed by atoms with Crippen LogP contribution in [0, 0.1) is 13.8 Å². The Morgan fingerprint density at radius 3 is 2.62 bits per heavy atom. The molecule has 0 aromatic carbocycles. The molecule has 6 nitrogen and oxygen atoms in total. The highest BCUT2D eigenvalue weighted by molar-refractivity contribution is 5.62. The van der Waals surface area contributed by atoms with E-state index in [4.69, 9.17) is 4.98 Å². The number of aromatic nitrogens is 5. The van der Waals surface area contributed by atoms with Crippen LogP contribution in [0.2, 0.25) is 0 Å². The normalized spacial score (nSPS) is 10.8. The monoisotopic (exact) mass is 322 g/mol. The van der Waals surface area contributed by atoms with Crippen molar-refractivity contribution in [1.82, 2.24) is 24.5 Å². The molecular weight excluding hydrogens is 300 g/mol. The van der Waals surface area contributed by atoms with Gasteiger partial charge in [0.05, 0.1) is 12.2 Å². The molecule has 24 heavy (non-hydrogen) atoms. The lowest BCUT2D eigenvalue weighted by Gasteiger charge is -2.18. The van der Waals surface area contributed by atoms with E-state index in [0.29, 0.717) is 12.5 Å². The van der Waals surface area contributed by atoms with Gasteiger partial charge < -0.3 is 9.47 Å². The van der Waals surface area contributed by atoms with Crippen LogP contribution in [0.1, 0.15) is 24.1 Å². The van der Waals surface area contributed by atoms with Crippen molar-refractivity contribution in [3.05, 3.63) is 54.0 Å². The number of rotatable bonds is 5. The lowest BCUT2D eigenvalue weighted by atomic mass is 10.1. The van der Waals surface area contributed by atoms with Gasteiger partial charge >= 0.3 is 0 Å². The van der Waals surface area contributed by atoms with Crippen LogP contribution in [0.3, 0.4) is 0 Å². The molecule has 6 heteroatoms. The molecule has 0 saturated heterocycles. The number of imidazole rings is 1. The van der Waals surface area contributed by atoms with Crippen molar-refractivity contribution in [2.75, 3.05) is 11.9 Å². The van der Waals surface area contributed by atoms with Crippen molar-refractivity contribution >= 4 is 5.95 Å². The molecule has 0 atom stereocenters. The van der Waals surface area contributed by atoms with Gasteiger partial charge in [-0.1, -0.05) is 0 Å². The highest BCUT2D eigenvalue weighted by Gasteiger charge is 2.11. The first-order valence-corrected chi connectivity index (χ1v) is 8.07. The molecule has 0 bridgehead atoms. The van der Waals surface area contributed by atoms with Crippen LogP contribution in [0.5, 0.6) is 0 Å². The predicted molar refractivity (Wildman–Crippen MR) is 94.7 cm³/mol. The number of hydrogen-bond donors (Lipinski definition) is 0. The topological polar surface area (TPSA) is 59.7 Å². The van der Waals surface area contributed by atoms with Crippen molar-refractivity contribution in [3.63, 3.8) is 0 Å². The summed E-state index contributed by atoms with van der Waals surface area (Å²) in [5, 5.41) is 0. The zero-order chi connectivity index (χ0) is 17.1. The summed E-state index contributed by atoms with van der Waals surface area (Å²) in [5.74, 6) is 1.68.